The number of methoxy groups -OCH3 is 1. The number of piperazine rings is 1. The summed E-state index contributed by atoms with van der Waals surface area (Å²) in [6.45, 7) is 5.56. The van der Waals surface area contributed by atoms with E-state index >= 15 is 0 Å². The first-order valence-electron chi connectivity index (χ1n) is 17.5. The summed E-state index contributed by atoms with van der Waals surface area (Å²) in [5.74, 6) is 0.568. The Bertz CT molecular complexity index is 1650. The Morgan fingerprint density at radius 2 is 1.40 bits per heavy atom. The molecule has 8 nitrogen and oxygen atoms in total. The van der Waals surface area contributed by atoms with Crippen LogP contribution in [0.2, 0.25) is 0 Å². The second-order valence-corrected chi connectivity index (χ2v) is 13.0. The minimum Gasteiger partial charge on any atom is -0.497 e. The first kappa shape index (κ1) is 36.4. The molecular formula is C42H50N4O4. The molecule has 4 aromatic rings. The molecule has 4 aromatic carbocycles. The highest BCUT2D eigenvalue weighted by Crippen LogP contribution is 2.26. The molecule has 1 N–H and O–H groups in total. The van der Waals surface area contributed by atoms with Crippen LogP contribution in [0.4, 0.5) is 0 Å². The molecule has 1 saturated heterocycles. The largest absolute Gasteiger partial charge is 0.497 e. The third-order valence-electron chi connectivity index (χ3n) is 8.98. The number of benzene rings is 4. The fraction of sp³-hybridized carbons (Fsp3) is 0.333. The summed E-state index contributed by atoms with van der Waals surface area (Å²) in [5, 5.41) is 3.13. The Kier molecular flexibility index (Phi) is 13.6. The van der Waals surface area contributed by atoms with Gasteiger partial charge in [-0.1, -0.05) is 84.9 Å². The molecule has 1 aliphatic heterocycles. The molecule has 0 aliphatic carbocycles. The van der Waals surface area contributed by atoms with E-state index in [0.29, 0.717) is 38.2 Å². The van der Waals surface area contributed by atoms with Crippen molar-refractivity contribution in [2.45, 2.75) is 25.9 Å². The maximum absolute atomic E-state index is 14.5. The lowest BCUT2D eigenvalue weighted by Crippen LogP contribution is -2.51. The lowest BCUT2D eigenvalue weighted by atomic mass is 9.88. The molecule has 1 atom stereocenters. The van der Waals surface area contributed by atoms with Gasteiger partial charge in [0.15, 0.2) is 0 Å². The van der Waals surface area contributed by atoms with E-state index in [1.165, 1.54) is 5.56 Å². The zero-order valence-corrected chi connectivity index (χ0v) is 29.6. The zero-order valence-electron chi connectivity index (χ0n) is 29.6. The van der Waals surface area contributed by atoms with E-state index in [1.54, 1.807) is 7.11 Å². The molecule has 50 heavy (non-hydrogen) atoms. The highest BCUT2D eigenvalue weighted by Gasteiger charge is 2.33. The summed E-state index contributed by atoms with van der Waals surface area (Å²) < 4.78 is 11.3. The monoisotopic (exact) mass is 674 g/mol. The maximum atomic E-state index is 14.5. The second-order valence-electron chi connectivity index (χ2n) is 13.0. The number of amides is 2. The highest BCUT2D eigenvalue weighted by atomic mass is 16.5. The van der Waals surface area contributed by atoms with Crippen LogP contribution >= 0.6 is 0 Å². The van der Waals surface area contributed by atoms with Gasteiger partial charge in [0.2, 0.25) is 11.8 Å². The topological polar surface area (TPSA) is 74.3 Å². The molecule has 1 heterocycles. The van der Waals surface area contributed by atoms with E-state index in [1.807, 2.05) is 95.9 Å². The van der Waals surface area contributed by atoms with Crippen LogP contribution in [0.3, 0.4) is 0 Å². The third kappa shape index (κ3) is 11.1. The van der Waals surface area contributed by atoms with Crippen molar-refractivity contribution in [1.29, 1.82) is 0 Å². The van der Waals surface area contributed by atoms with Crippen LogP contribution in [-0.4, -0.2) is 87.0 Å². The summed E-state index contributed by atoms with van der Waals surface area (Å²) in [6.07, 6.45) is 3.22. The number of rotatable bonds is 16. The van der Waals surface area contributed by atoms with Gasteiger partial charge >= 0.3 is 0 Å². The fourth-order valence-electron chi connectivity index (χ4n) is 6.13. The minimum absolute atomic E-state index is 0.0288. The van der Waals surface area contributed by atoms with Crippen LogP contribution in [0.1, 0.15) is 28.7 Å². The molecule has 0 bridgehead atoms. The molecule has 5 rings (SSSR count). The summed E-state index contributed by atoms with van der Waals surface area (Å²) in [7, 11) is 5.73. The van der Waals surface area contributed by atoms with Gasteiger partial charge in [-0.15, -0.1) is 0 Å². The molecule has 1 aliphatic rings. The standard InChI is InChI=1S/C42H50N4O4/c1-44(2)23-10-28-50-38-21-17-35(18-22-38)31-43-41(47)39(29-34-15-19-37(49-3)20-16-34)40(30-33-11-6-4-7-12-33)42(48)46-26-24-45(25-27-46)32-36-13-8-5-9-14-36/h4-9,11-22,29,40H,10,23-28,30-32H2,1-3H3,(H,43,47)/t40-/m0/s1. The van der Waals surface area contributed by atoms with Crippen LogP contribution < -0.4 is 14.8 Å². The smallest absolute Gasteiger partial charge is 0.248 e. The molecule has 0 unspecified atom stereocenters. The van der Waals surface area contributed by atoms with Gasteiger partial charge in [-0.25, -0.2) is 0 Å². The van der Waals surface area contributed by atoms with Crippen molar-refractivity contribution in [1.82, 2.24) is 20.0 Å². The summed E-state index contributed by atoms with van der Waals surface area (Å²) in [4.78, 5) is 35.2. The van der Waals surface area contributed by atoms with Crippen molar-refractivity contribution in [3.63, 3.8) is 0 Å². The summed E-state index contributed by atoms with van der Waals surface area (Å²) >= 11 is 0. The summed E-state index contributed by atoms with van der Waals surface area (Å²) in [5.41, 5.74) is 4.48. The normalized spacial score (nSPS) is 14.3. The maximum Gasteiger partial charge on any atom is 0.248 e. The number of nitrogens with one attached hydrogen (secondary N) is 1. The van der Waals surface area contributed by atoms with Crippen molar-refractivity contribution < 1.29 is 19.1 Å². The molecule has 2 amide bonds. The molecule has 1 fully saturated rings. The van der Waals surface area contributed by atoms with E-state index in [9.17, 15) is 9.59 Å². The molecule has 0 aromatic heterocycles. The van der Waals surface area contributed by atoms with Gasteiger partial charge in [0.25, 0.3) is 0 Å². The lowest BCUT2D eigenvalue weighted by Gasteiger charge is -2.37. The Labute approximate surface area is 297 Å². The van der Waals surface area contributed by atoms with Gasteiger partial charge < -0.3 is 24.6 Å². The van der Waals surface area contributed by atoms with E-state index < -0.39 is 5.92 Å². The highest BCUT2D eigenvalue weighted by molar-refractivity contribution is 6.04. The first-order valence-corrected chi connectivity index (χ1v) is 17.5. The molecule has 0 saturated carbocycles. The van der Waals surface area contributed by atoms with E-state index in [2.05, 4.69) is 53.5 Å². The van der Waals surface area contributed by atoms with E-state index in [4.69, 9.17) is 9.47 Å². The van der Waals surface area contributed by atoms with Crippen LogP contribution in [0.15, 0.2) is 115 Å². The van der Waals surface area contributed by atoms with Gasteiger partial charge in [0.05, 0.1) is 19.6 Å². The summed E-state index contributed by atoms with van der Waals surface area (Å²) in [6, 6.07) is 35.7. The lowest BCUT2D eigenvalue weighted by molar-refractivity contribution is -0.137. The van der Waals surface area contributed by atoms with Crippen molar-refractivity contribution >= 4 is 17.9 Å². The number of carbonyl (C=O) groups excluding carboxylic acids is 2. The van der Waals surface area contributed by atoms with Gasteiger partial charge in [-0.2, -0.15) is 0 Å². The van der Waals surface area contributed by atoms with Gasteiger partial charge in [0, 0.05) is 51.4 Å². The molecule has 262 valence electrons. The van der Waals surface area contributed by atoms with Crippen molar-refractivity contribution in [3.8, 4) is 11.5 Å². The average molecular weight is 675 g/mol. The second kappa shape index (κ2) is 18.7. The number of hydrogen-bond donors (Lipinski definition) is 1. The number of carbonyl (C=O) groups is 2. The van der Waals surface area contributed by atoms with Crippen molar-refractivity contribution in [2.75, 3.05) is 60.5 Å². The van der Waals surface area contributed by atoms with Crippen LogP contribution in [0, 0.1) is 5.92 Å². The fourth-order valence-corrected chi connectivity index (χ4v) is 6.13. The SMILES string of the molecule is COc1ccc(C=C(C(=O)NCc2ccc(OCCCN(C)C)cc2)[C@H](Cc2ccccc2)C(=O)N2CCN(Cc3ccccc3)CC2)cc1. The van der Waals surface area contributed by atoms with Crippen LogP contribution in [0.5, 0.6) is 11.5 Å². The van der Waals surface area contributed by atoms with E-state index in [-0.39, 0.29) is 11.8 Å². The molecular weight excluding hydrogens is 624 g/mol. The van der Waals surface area contributed by atoms with Crippen LogP contribution in [-0.2, 0) is 29.1 Å². The number of hydrogen-bond acceptors (Lipinski definition) is 6. The predicted octanol–water partition coefficient (Wildman–Crippen LogP) is 5.93. The Morgan fingerprint density at radius 1 is 0.780 bits per heavy atom. The Morgan fingerprint density at radius 3 is 2.02 bits per heavy atom. The van der Waals surface area contributed by atoms with Crippen molar-refractivity contribution in [3.05, 3.63) is 137 Å². The number of ether oxygens (including phenoxy) is 2. The minimum atomic E-state index is -0.668. The zero-order chi connectivity index (χ0) is 35.1. The third-order valence-corrected chi connectivity index (χ3v) is 8.98. The quantitative estimate of drug-likeness (QED) is 0.117. The molecule has 0 spiro atoms. The average Bonchev–Trinajstić information content (AvgIpc) is 3.15. The van der Waals surface area contributed by atoms with Gasteiger partial charge in [-0.05, 0) is 79.5 Å². The molecule has 0 radical (unpaired) electrons. The Balaban J connectivity index is 1.34. The molecule has 8 heteroatoms. The number of nitrogens with zero attached hydrogens (tertiary/aromatic N) is 3. The Hall–Kier alpha value is -4.92. The van der Waals surface area contributed by atoms with E-state index in [0.717, 1.165) is 60.8 Å². The van der Waals surface area contributed by atoms with Crippen LogP contribution in [0.25, 0.3) is 6.08 Å². The van der Waals surface area contributed by atoms with Crippen molar-refractivity contribution in [2.24, 2.45) is 5.92 Å². The van der Waals surface area contributed by atoms with Gasteiger partial charge in [-0.3, -0.25) is 14.5 Å². The first-order chi connectivity index (χ1) is 24.4. The predicted molar refractivity (Wildman–Crippen MR) is 200 cm³/mol. The van der Waals surface area contributed by atoms with Gasteiger partial charge in [0.1, 0.15) is 11.5 Å².